The van der Waals surface area contributed by atoms with Crippen molar-refractivity contribution >= 4 is 21.6 Å². The van der Waals surface area contributed by atoms with Gasteiger partial charge in [0.1, 0.15) is 6.07 Å². The van der Waals surface area contributed by atoms with E-state index in [4.69, 9.17) is 5.26 Å². The average molecular weight is 338 g/mol. The molecule has 20 heavy (non-hydrogen) atoms. The Bertz CT molecular complexity index is 549. The van der Waals surface area contributed by atoms with E-state index in [-0.39, 0.29) is 10.3 Å². The first-order chi connectivity index (χ1) is 9.70. The van der Waals surface area contributed by atoms with E-state index in [1.165, 1.54) is 25.9 Å². The van der Waals surface area contributed by atoms with Crippen molar-refractivity contribution in [1.82, 2.24) is 4.90 Å². The third-order valence-corrected chi connectivity index (χ3v) is 5.12. The SMILES string of the molecule is N#Cc1ccc(N2CCC(N3CCCC3)C2)c(F)c1Br. The van der Waals surface area contributed by atoms with Crippen LogP contribution in [-0.2, 0) is 0 Å². The Morgan fingerprint density at radius 2 is 2.00 bits per heavy atom. The number of anilines is 1. The molecule has 0 bridgehead atoms. The number of halogens is 2. The molecule has 0 aromatic heterocycles. The van der Waals surface area contributed by atoms with Crippen LogP contribution >= 0.6 is 15.9 Å². The van der Waals surface area contributed by atoms with Gasteiger partial charge in [0, 0.05) is 19.1 Å². The van der Waals surface area contributed by atoms with Crippen molar-refractivity contribution in [2.24, 2.45) is 0 Å². The lowest BCUT2D eigenvalue weighted by Gasteiger charge is -2.25. The minimum atomic E-state index is -0.314. The molecule has 1 aromatic carbocycles. The minimum absolute atomic E-state index is 0.280. The molecule has 2 aliphatic rings. The molecular weight excluding hydrogens is 321 g/mol. The summed E-state index contributed by atoms with van der Waals surface area (Å²) in [7, 11) is 0. The van der Waals surface area contributed by atoms with E-state index in [9.17, 15) is 4.39 Å². The number of rotatable bonds is 2. The molecule has 1 atom stereocenters. The van der Waals surface area contributed by atoms with Gasteiger partial charge in [0.2, 0.25) is 0 Å². The predicted octanol–water partition coefficient (Wildman–Crippen LogP) is 3.13. The van der Waals surface area contributed by atoms with Crippen LogP contribution in [0.15, 0.2) is 16.6 Å². The summed E-state index contributed by atoms with van der Waals surface area (Å²) in [6.07, 6.45) is 3.66. The van der Waals surface area contributed by atoms with E-state index in [0.29, 0.717) is 17.3 Å². The van der Waals surface area contributed by atoms with E-state index in [2.05, 4.69) is 25.7 Å². The van der Waals surface area contributed by atoms with Crippen molar-refractivity contribution in [3.63, 3.8) is 0 Å². The monoisotopic (exact) mass is 337 g/mol. The van der Waals surface area contributed by atoms with Crippen molar-refractivity contribution in [1.29, 1.82) is 5.26 Å². The van der Waals surface area contributed by atoms with Gasteiger partial charge in [-0.2, -0.15) is 5.26 Å². The molecule has 2 saturated heterocycles. The van der Waals surface area contributed by atoms with Crippen LogP contribution in [0.1, 0.15) is 24.8 Å². The van der Waals surface area contributed by atoms with Gasteiger partial charge in [-0.05, 0) is 60.4 Å². The van der Waals surface area contributed by atoms with E-state index in [1.807, 2.05) is 6.07 Å². The molecule has 1 unspecified atom stereocenters. The quantitative estimate of drug-likeness (QED) is 0.830. The zero-order valence-corrected chi connectivity index (χ0v) is 12.9. The number of benzene rings is 1. The fourth-order valence-corrected chi connectivity index (χ4v) is 3.66. The van der Waals surface area contributed by atoms with Gasteiger partial charge < -0.3 is 4.90 Å². The topological polar surface area (TPSA) is 30.3 Å². The summed E-state index contributed by atoms with van der Waals surface area (Å²) in [5.74, 6) is -0.314. The second kappa shape index (κ2) is 5.71. The van der Waals surface area contributed by atoms with Crippen LogP contribution in [0.3, 0.4) is 0 Å². The fraction of sp³-hybridized carbons (Fsp3) is 0.533. The second-order valence-electron chi connectivity index (χ2n) is 5.50. The lowest BCUT2D eigenvalue weighted by Crippen LogP contribution is -2.35. The standard InChI is InChI=1S/C15H17BrFN3/c16-14-11(9-18)3-4-13(15(14)17)20-8-5-12(10-20)19-6-1-2-7-19/h3-4,12H,1-2,5-8,10H2. The molecule has 2 fully saturated rings. The molecule has 2 heterocycles. The highest BCUT2D eigenvalue weighted by Crippen LogP contribution is 2.32. The largest absolute Gasteiger partial charge is 0.368 e. The first kappa shape index (κ1) is 13.8. The summed E-state index contributed by atoms with van der Waals surface area (Å²) in [5.41, 5.74) is 0.958. The molecular formula is C15H17BrFN3. The number of nitriles is 1. The van der Waals surface area contributed by atoms with Crippen molar-refractivity contribution in [3.05, 3.63) is 28.0 Å². The van der Waals surface area contributed by atoms with E-state index in [1.54, 1.807) is 12.1 Å². The Morgan fingerprint density at radius 3 is 2.70 bits per heavy atom. The van der Waals surface area contributed by atoms with Crippen LogP contribution in [-0.4, -0.2) is 37.1 Å². The van der Waals surface area contributed by atoms with Crippen LogP contribution in [0, 0.1) is 17.1 Å². The molecule has 0 N–H and O–H groups in total. The van der Waals surface area contributed by atoms with Crippen molar-refractivity contribution in [2.45, 2.75) is 25.3 Å². The lowest BCUT2D eigenvalue weighted by atomic mass is 10.2. The summed E-state index contributed by atoms with van der Waals surface area (Å²) >= 11 is 3.19. The highest BCUT2D eigenvalue weighted by molar-refractivity contribution is 9.10. The smallest absolute Gasteiger partial charge is 0.161 e. The molecule has 3 nitrogen and oxygen atoms in total. The molecule has 1 aromatic rings. The Morgan fingerprint density at radius 1 is 1.25 bits per heavy atom. The Hall–Kier alpha value is -1.12. The lowest BCUT2D eigenvalue weighted by molar-refractivity contribution is 0.260. The molecule has 3 rings (SSSR count). The molecule has 5 heteroatoms. The maximum absolute atomic E-state index is 14.4. The maximum atomic E-state index is 14.4. The Labute approximate surface area is 127 Å². The minimum Gasteiger partial charge on any atom is -0.368 e. The third-order valence-electron chi connectivity index (χ3n) is 4.34. The summed E-state index contributed by atoms with van der Waals surface area (Å²) in [4.78, 5) is 4.63. The zero-order chi connectivity index (χ0) is 14.1. The van der Waals surface area contributed by atoms with Crippen LogP contribution in [0.5, 0.6) is 0 Å². The van der Waals surface area contributed by atoms with Crippen LogP contribution in [0.25, 0.3) is 0 Å². The van der Waals surface area contributed by atoms with Gasteiger partial charge in [0.05, 0.1) is 15.7 Å². The van der Waals surface area contributed by atoms with Gasteiger partial charge in [-0.25, -0.2) is 4.39 Å². The zero-order valence-electron chi connectivity index (χ0n) is 11.3. The first-order valence-electron chi connectivity index (χ1n) is 7.08. The van der Waals surface area contributed by atoms with Gasteiger partial charge >= 0.3 is 0 Å². The van der Waals surface area contributed by atoms with Crippen LogP contribution < -0.4 is 4.90 Å². The highest BCUT2D eigenvalue weighted by atomic mass is 79.9. The predicted molar refractivity (Wildman–Crippen MR) is 80.2 cm³/mol. The molecule has 0 amide bonds. The molecule has 0 spiro atoms. The maximum Gasteiger partial charge on any atom is 0.161 e. The first-order valence-corrected chi connectivity index (χ1v) is 7.87. The number of likely N-dealkylation sites (tertiary alicyclic amines) is 1. The summed E-state index contributed by atoms with van der Waals surface area (Å²) in [6, 6.07) is 5.95. The van der Waals surface area contributed by atoms with Crippen molar-refractivity contribution < 1.29 is 4.39 Å². The Balaban J connectivity index is 1.78. The normalized spacial score (nSPS) is 23.2. The summed E-state index contributed by atoms with van der Waals surface area (Å²) < 4.78 is 14.6. The van der Waals surface area contributed by atoms with Gasteiger partial charge in [-0.3, -0.25) is 4.90 Å². The number of nitrogens with zero attached hydrogens (tertiary/aromatic N) is 3. The van der Waals surface area contributed by atoms with E-state index >= 15 is 0 Å². The van der Waals surface area contributed by atoms with Crippen molar-refractivity contribution in [3.8, 4) is 6.07 Å². The van der Waals surface area contributed by atoms with Crippen LogP contribution in [0.2, 0.25) is 0 Å². The number of hydrogen-bond acceptors (Lipinski definition) is 3. The highest BCUT2D eigenvalue weighted by Gasteiger charge is 2.30. The molecule has 0 aliphatic carbocycles. The summed E-state index contributed by atoms with van der Waals surface area (Å²) in [6.45, 7) is 4.13. The molecule has 2 aliphatic heterocycles. The van der Waals surface area contributed by atoms with Gasteiger partial charge in [0.15, 0.2) is 5.82 Å². The van der Waals surface area contributed by atoms with Crippen molar-refractivity contribution in [2.75, 3.05) is 31.1 Å². The van der Waals surface area contributed by atoms with E-state index in [0.717, 1.165) is 19.5 Å². The van der Waals surface area contributed by atoms with E-state index < -0.39 is 0 Å². The third kappa shape index (κ3) is 2.43. The van der Waals surface area contributed by atoms with Gasteiger partial charge in [-0.15, -0.1) is 0 Å². The van der Waals surface area contributed by atoms with Gasteiger partial charge in [0.25, 0.3) is 0 Å². The Kier molecular flexibility index (Phi) is 3.95. The summed E-state index contributed by atoms with van der Waals surface area (Å²) in [5, 5.41) is 8.92. The molecule has 0 saturated carbocycles. The molecule has 106 valence electrons. The van der Waals surface area contributed by atoms with Crippen LogP contribution in [0.4, 0.5) is 10.1 Å². The number of hydrogen-bond donors (Lipinski definition) is 0. The average Bonchev–Trinajstić information content (AvgIpc) is 3.11. The molecule has 0 radical (unpaired) electrons. The second-order valence-corrected chi connectivity index (χ2v) is 6.30. The van der Waals surface area contributed by atoms with Gasteiger partial charge in [-0.1, -0.05) is 0 Å². The fourth-order valence-electron chi connectivity index (χ4n) is 3.24.